The molecule has 1 aliphatic heterocycles. The molecule has 1 aliphatic rings. The Hall–Kier alpha value is -0.880. The van der Waals surface area contributed by atoms with Crippen LogP contribution in [0.5, 0.6) is 0 Å². The number of piperazine rings is 1. The van der Waals surface area contributed by atoms with Crippen molar-refractivity contribution in [1.29, 1.82) is 0 Å². The van der Waals surface area contributed by atoms with Gasteiger partial charge >= 0.3 is 0 Å². The molecule has 0 aromatic carbocycles. The largest absolute Gasteiger partial charge is 0.469 e. The molecule has 1 atom stereocenters. The number of hydrogen-bond donors (Lipinski definition) is 2. The Morgan fingerprint density at radius 3 is 2.84 bits per heavy atom. The van der Waals surface area contributed by atoms with Crippen molar-refractivity contribution in [3.05, 3.63) is 23.7 Å². The maximum absolute atomic E-state index is 10.1. The summed E-state index contributed by atoms with van der Waals surface area (Å²) in [6, 6.07) is 1.99. The maximum Gasteiger partial charge on any atom is 0.105 e. The van der Waals surface area contributed by atoms with Gasteiger partial charge < -0.3 is 14.8 Å². The first-order valence-corrected chi connectivity index (χ1v) is 6.98. The Morgan fingerprint density at radius 2 is 2.21 bits per heavy atom. The summed E-state index contributed by atoms with van der Waals surface area (Å²) in [5, 5.41) is 13.5. The number of β-amino-alcohol motifs (C(OH)–C–C–N with tert-alkyl or cyclic N) is 1. The van der Waals surface area contributed by atoms with Gasteiger partial charge in [-0.05, 0) is 20.0 Å². The van der Waals surface area contributed by atoms with Gasteiger partial charge in [-0.3, -0.25) is 9.80 Å². The lowest BCUT2D eigenvalue weighted by molar-refractivity contribution is 0.0751. The Bertz CT molecular complexity index is 375. The Morgan fingerprint density at radius 1 is 1.47 bits per heavy atom. The smallest absolute Gasteiger partial charge is 0.105 e. The van der Waals surface area contributed by atoms with E-state index in [0.29, 0.717) is 6.54 Å². The molecule has 2 heterocycles. The monoisotopic (exact) mass is 267 g/mol. The van der Waals surface area contributed by atoms with E-state index in [2.05, 4.69) is 15.1 Å². The summed E-state index contributed by atoms with van der Waals surface area (Å²) in [5.74, 6) is 0.962. The van der Waals surface area contributed by atoms with Crippen molar-refractivity contribution < 1.29 is 9.52 Å². The predicted octanol–water partition coefficient (Wildman–Crippen LogP) is 0.286. The highest BCUT2D eigenvalue weighted by Gasteiger charge is 2.16. The van der Waals surface area contributed by atoms with Crippen molar-refractivity contribution in [3.63, 3.8) is 0 Å². The second-order valence-corrected chi connectivity index (χ2v) is 5.40. The summed E-state index contributed by atoms with van der Waals surface area (Å²) < 4.78 is 5.29. The molecule has 1 aromatic heterocycles. The number of aryl methyl sites for hydroxylation is 1. The van der Waals surface area contributed by atoms with Crippen LogP contribution in [0.3, 0.4) is 0 Å². The third-order valence-electron chi connectivity index (χ3n) is 3.61. The van der Waals surface area contributed by atoms with Crippen LogP contribution in [0, 0.1) is 6.92 Å². The zero-order valence-corrected chi connectivity index (χ0v) is 11.9. The highest BCUT2D eigenvalue weighted by molar-refractivity contribution is 5.14. The van der Waals surface area contributed by atoms with Crippen LogP contribution in [0.1, 0.15) is 11.3 Å². The van der Waals surface area contributed by atoms with E-state index in [1.807, 2.05) is 20.0 Å². The molecule has 5 nitrogen and oxygen atoms in total. The molecule has 2 N–H and O–H groups in total. The maximum atomic E-state index is 10.1. The van der Waals surface area contributed by atoms with Crippen molar-refractivity contribution >= 4 is 0 Å². The van der Waals surface area contributed by atoms with E-state index in [-0.39, 0.29) is 6.10 Å². The SMILES string of the molecule is Cc1occc1CN(C)CC(O)CN1CCNCC1. The van der Waals surface area contributed by atoms with Gasteiger partial charge in [-0.2, -0.15) is 0 Å². The van der Waals surface area contributed by atoms with Crippen LogP contribution in [0.2, 0.25) is 0 Å². The number of nitrogens with zero attached hydrogens (tertiary/aromatic N) is 2. The molecule has 19 heavy (non-hydrogen) atoms. The van der Waals surface area contributed by atoms with Crippen molar-refractivity contribution in [2.45, 2.75) is 19.6 Å². The minimum atomic E-state index is -0.296. The highest BCUT2D eigenvalue weighted by atomic mass is 16.3. The fourth-order valence-corrected chi connectivity index (χ4v) is 2.54. The zero-order chi connectivity index (χ0) is 13.7. The van der Waals surface area contributed by atoms with E-state index >= 15 is 0 Å². The molecular formula is C14H25N3O2. The molecule has 1 fully saturated rings. The Balaban J connectivity index is 1.72. The number of aliphatic hydroxyl groups is 1. The van der Waals surface area contributed by atoms with Crippen LogP contribution >= 0.6 is 0 Å². The van der Waals surface area contributed by atoms with Gasteiger partial charge in [0.2, 0.25) is 0 Å². The lowest BCUT2D eigenvalue weighted by Gasteiger charge is -2.30. The third kappa shape index (κ3) is 4.62. The molecule has 108 valence electrons. The third-order valence-corrected chi connectivity index (χ3v) is 3.61. The van der Waals surface area contributed by atoms with Crippen LogP contribution in [0.15, 0.2) is 16.7 Å². The number of nitrogens with one attached hydrogen (secondary N) is 1. The minimum absolute atomic E-state index is 0.296. The summed E-state index contributed by atoms with van der Waals surface area (Å²) in [6.45, 7) is 8.35. The zero-order valence-electron chi connectivity index (χ0n) is 11.9. The molecule has 1 saturated heterocycles. The van der Waals surface area contributed by atoms with Gasteiger partial charge in [0, 0.05) is 51.4 Å². The quantitative estimate of drug-likeness (QED) is 0.776. The Kier molecular flexibility index (Phi) is 5.39. The lowest BCUT2D eigenvalue weighted by atomic mass is 10.2. The Labute approximate surface area is 115 Å². The standard InChI is InChI=1S/C14H25N3O2/c1-12-13(3-8-19-12)9-16(2)10-14(18)11-17-6-4-15-5-7-17/h3,8,14-15,18H,4-7,9-11H2,1-2H3. The topological polar surface area (TPSA) is 51.9 Å². The van der Waals surface area contributed by atoms with Gasteiger partial charge in [0.15, 0.2) is 0 Å². The molecular weight excluding hydrogens is 242 g/mol. The number of rotatable bonds is 6. The van der Waals surface area contributed by atoms with Gasteiger partial charge in [0.25, 0.3) is 0 Å². The van der Waals surface area contributed by atoms with Gasteiger partial charge in [0.05, 0.1) is 12.4 Å². The van der Waals surface area contributed by atoms with Crippen LogP contribution in [0.25, 0.3) is 0 Å². The summed E-state index contributed by atoms with van der Waals surface area (Å²) in [5.41, 5.74) is 1.19. The molecule has 0 spiro atoms. The average Bonchev–Trinajstić information content (AvgIpc) is 2.76. The first-order chi connectivity index (χ1) is 9.15. The first-order valence-electron chi connectivity index (χ1n) is 6.98. The number of likely N-dealkylation sites (N-methyl/N-ethyl adjacent to an activating group) is 1. The van der Waals surface area contributed by atoms with Crippen molar-refractivity contribution in [1.82, 2.24) is 15.1 Å². The second-order valence-electron chi connectivity index (χ2n) is 5.40. The summed E-state index contributed by atoms with van der Waals surface area (Å²) >= 11 is 0. The van der Waals surface area contributed by atoms with Gasteiger partial charge in [-0.15, -0.1) is 0 Å². The van der Waals surface area contributed by atoms with Crippen molar-refractivity contribution in [2.75, 3.05) is 46.3 Å². The number of furan rings is 1. The summed E-state index contributed by atoms with van der Waals surface area (Å²) in [6.07, 6.45) is 1.42. The van der Waals surface area contributed by atoms with Gasteiger partial charge in [0.1, 0.15) is 5.76 Å². The summed E-state index contributed by atoms with van der Waals surface area (Å²) in [7, 11) is 2.04. The fraction of sp³-hybridized carbons (Fsp3) is 0.714. The lowest BCUT2D eigenvalue weighted by Crippen LogP contribution is -2.48. The van der Waals surface area contributed by atoms with E-state index in [0.717, 1.165) is 45.0 Å². The van der Waals surface area contributed by atoms with E-state index in [9.17, 15) is 5.11 Å². The summed E-state index contributed by atoms with van der Waals surface area (Å²) in [4.78, 5) is 4.46. The molecule has 2 rings (SSSR count). The van der Waals surface area contributed by atoms with Crippen LogP contribution in [-0.2, 0) is 6.54 Å². The van der Waals surface area contributed by atoms with Gasteiger partial charge in [-0.1, -0.05) is 0 Å². The first kappa shape index (κ1) is 14.5. The minimum Gasteiger partial charge on any atom is -0.469 e. The fourth-order valence-electron chi connectivity index (χ4n) is 2.54. The molecule has 0 bridgehead atoms. The van der Waals surface area contributed by atoms with E-state index in [1.165, 1.54) is 5.56 Å². The van der Waals surface area contributed by atoms with Crippen LogP contribution in [-0.4, -0.2) is 67.3 Å². The highest BCUT2D eigenvalue weighted by Crippen LogP contribution is 2.11. The molecule has 0 radical (unpaired) electrons. The van der Waals surface area contributed by atoms with Crippen molar-refractivity contribution in [2.24, 2.45) is 0 Å². The molecule has 1 unspecified atom stereocenters. The van der Waals surface area contributed by atoms with Crippen LogP contribution < -0.4 is 5.32 Å². The van der Waals surface area contributed by atoms with Gasteiger partial charge in [-0.25, -0.2) is 0 Å². The van der Waals surface area contributed by atoms with Crippen molar-refractivity contribution in [3.8, 4) is 0 Å². The average molecular weight is 267 g/mol. The molecule has 0 saturated carbocycles. The van der Waals surface area contributed by atoms with E-state index in [1.54, 1.807) is 6.26 Å². The van der Waals surface area contributed by atoms with E-state index in [4.69, 9.17) is 4.42 Å². The molecule has 0 amide bonds. The number of hydrogen-bond acceptors (Lipinski definition) is 5. The normalized spacial score (nSPS) is 18.9. The number of aliphatic hydroxyl groups excluding tert-OH is 1. The predicted molar refractivity (Wildman–Crippen MR) is 75.1 cm³/mol. The molecule has 5 heteroatoms. The van der Waals surface area contributed by atoms with Crippen LogP contribution in [0.4, 0.5) is 0 Å². The molecule has 0 aliphatic carbocycles. The molecule has 1 aromatic rings. The second kappa shape index (κ2) is 7.05. The van der Waals surface area contributed by atoms with E-state index < -0.39 is 0 Å².